The van der Waals surface area contributed by atoms with Gasteiger partial charge in [-0.05, 0) is 115 Å². The molecule has 346 valence electrons. The van der Waals surface area contributed by atoms with E-state index < -0.39 is 8.32 Å². The maximum absolute atomic E-state index is 13.5. The van der Waals surface area contributed by atoms with Gasteiger partial charge in [-0.1, -0.05) is 112 Å². The molecule has 0 saturated carbocycles. The first-order chi connectivity index (χ1) is 31.7. The average molecular weight is 906 g/mol. The minimum absolute atomic E-state index is 0.0414. The van der Waals surface area contributed by atoms with Crippen molar-refractivity contribution in [2.45, 2.75) is 90.3 Å². The number of rotatable bonds is 19. The molecule has 0 radical (unpaired) electrons. The topological polar surface area (TPSA) is 107 Å². The van der Waals surface area contributed by atoms with E-state index >= 15 is 0 Å². The van der Waals surface area contributed by atoms with Crippen LogP contribution in [0.3, 0.4) is 0 Å². The molecule has 2 N–H and O–H groups in total. The van der Waals surface area contributed by atoms with E-state index in [1.807, 2.05) is 72.8 Å². The van der Waals surface area contributed by atoms with Gasteiger partial charge in [0.1, 0.15) is 12.4 Å². The Kier molecular flexibility index (Phi) is 16.1. The number of aromatic nitrogens is 1. The van der Waals surface area contributed by atoms with Crippen molar-refractivity contribution in [3.05, 3.63) is 172 Å². The van der Waals surface area contributed by atoms with E-state index in [-0.39, 0.29) is 28.5 Å². The lowest BCUT2D eigenvalue weighted by molar-refractivity contribution is -0.118. The lowest BCUT2D eigenvalue weighted by atomic mass is 10.0. The molecule has 1 aliphatic heterocycles. The van der Waals surface area contributed by atoms with Crippen molar-refractivity contribution in [2.75, 3.05) is 50.0 Å². The van der Waals surface area contributed by atoms with Crippen LogP contribution in [-0.4, -0.2) is 74.7 Å². The van der Waals surface area contributed by atoms with Gasteiger partial charge in [0.15, 0.2) is 8.32 Å². The van der Waals surface area contributed by atoms with Gasteiger partial charge in [-0.25, -0.2) is 0 Å². The normalized spacial score (nSPS) is 14.0. The zero-order valence-electron chi connectivity index (χ0n) is 39.6. The molecule has 2 heterocycles. The second-order valence-electron chi connectivity index (χ2n) is 19.2. The molecule has 10 nitrogen and oxygen atoms in total. The lowest BCUT2D eigenvalue weighted by Gasteiger charge is -2.41. The number of likely N-dealkylation sites (tertiary alicyclic amines) is 1. The maximum atomic E-state index is 13.5. The molecule has 0 bridgehead atoms. The van der Waals surface area contributed by atoms with Crippen LogP contribution in [0.5, 0.6) is 5.75 Å². The predicted octanol–water partition coefficient (Wildman–Crippen LogP) is 11.0. The summed E-state index contributed by atoms with van der Waals surface area (Å²) in [5, 5.41) is 3.92. The molecule has 66 heavy (non-hydrogen) atoms. The molecular formula is C55H67N5O5Si. The van der Waals surface area contributed by atoms with Gasteiger partial charge in [-0.15, -0.1) is 0 Å². The Morgan fingerprint density at radius 2 is 1.50 bits per heavy atom. The van der Waals surface area contributed by atoms with Gasteiger partial charge < -0.3 is 29.3 Å². The van der Waals surface area contributed by atoms with Crippen LogP contribution < -0.4 is 20.5 Å². The number of carbonyl (C=O) groups excluding carboxylic acids is 2. The number of aromatic amines is 1. The highest BCUT2D eigenvalue weighted by Crippen LogP contribution is 2.42. The molecule has 1 aliphatic rings. The summed E-state index contributed by atoms with van der Waals surface area (Å²) in [7, 11) is -0.539. The minimum atomic E-state index is -2.32. The van der Waals surface area contributed by atoms with Crippen molar-refractivity contribution < 1.29 is 18.8 Å². The highest BCUT2D eigenvalue weighted by Gasteiger charge is 2.40. The molecule has 1 fully saturated rings. The molecular weight excluding hydrogens is 839 g/mol. The number of hydrogen-bond donors (Lipinski definition) is 2. The third-order valence-electron chi connectivity index (χ3n) is 13.3. The maximum Gasteiger partial charge on any atom is 0.255 e. The van der Waals surface area contributed by atoms with Crippen LogP contribution in [0.1, 0.15) is 85.2 Å². The smallest absolute Gasteiger partial charge is 0.255 e. The van der Waals surface area contributed by atoms with Crippen LogP contribution >= 0.6 is 0 Å². The van der Waals surface area contributed by atoms with Crippen LogP contribution in [0.4, 0.5) is 11.4 Å². The van der Waals surface area contributed by atoms with Crippen LogP contribution in [0, 0.1) is 0 Å². The summed E-state index contributed by atoms with van der Waals surface area (Å²) < 4.78 is 13.7. The van der Waals surface area contributed by atoms with Gasteiger partial charge in [0.25, 0.3) is 5.91 Å². The molecule has 0 unspecified atom stereocenters. The second-order valence-corrected chi connectivity index (χ2v) is 23.9. The Morgan fingerprint density at radius 3 is 2.20 bits per heavy atom. The van der Waals surface area contributed by atoms with Gasteiger partial charge >= 0.3 is 0 Å². The number of H-pyrrole nitrogens is 1. The quantitative estimate of drug-likeness (QED) is 0.0780. The van der Waals surface area contributed by atoms with E-state index in [0.717, 1.165) is 61.2 Å². The van der Waals surface area contributed by atoms with Gasteiger partial charge in [0, 0.05) is 68.0 Å². The number of pyridine rings is 1. The van der Waals surface area contributed by atoms with E-state index in [1.54, 1.807) is 30.1 Å². The monoisotopic (exact) mass is 905 g/mol. The van der Waals surface area contributed by atoms with Gasteiger partial charge in [-0.2, -0.15) is 0 Å². The van der Waals surface area contributed by atoms with Crippen molar-refractivity contribution in [1.29, 1.82) is 0 Å². The predicted molar refractivity (Wildman–Crippen MR) is 271 cm³/mol. The van der Waals surface area contributed by atoms with Crippen LogP contribution in [0.15, 0.2) is 138 Å². The summed E-state index contributed by atoms with van der Waals surface area (Å²) in [4.78, 5) is 49.0. The molecule has 0 spiro atoms. The molecule has 5 aromatic carbocycles. The fourth-order valence-corrected chi connectivity index (χ4v) is 9.54. The third-order valence-corrected chi connectivity index (χ3v) is 17.8. The number of piperidine rings is 1. The zero-order valence-corrected chi connectivity index (χ0v) is 40.6. The number of hydrogen-bond acceptors (Lipinski definition) is 7. The third kappa shape index (κ3) is 12.9. The van der Waals surface area contributed by atoms with Crippen molar-refractivity contribution in [1.82, 2.24) is 14.8 Å². The molecule has 1 saturated heterocycles. The molecule has 7 rings (SSSR count). The van der Waals surface area contributed by atoms with Gasteiger partial charge in [0.2, 0.25) is 11.5 Å². The fraction of sp³-hybridized carbons (Fsp3) is 0.364. The Hall–Kier alpha value is -5.85. The Balaban J connectivity index is 1.07. The number of amides is 2. The highest BCUT2D eigenvalue weighted by molar-refractivity contribution is 6.74. The van der Waals surface area contributed by atoms with Crippen LogP contribution in [0.2, 0.25) is 18.1 Å². The summed E-state index contributed by atoms with van der Waals surface area (Å²) in [5.41, 5.74) is 6.76. The fourth-order valence-electron chi connectivity index (χ4n) is 8.28. The van der Waals surface area contributed by atoms with E-state index in [4.69, 9.17) is 9.16 Å². The lowest BCUT2D eigenvalue weighted by Crippen LogP contribution is -2.44. The number of benzene rings is 5. The number of ether oxygens (including phenoxy) is 1. The Labute approximate surface area is 392 Å². The molecule has 11 heteroatoms. The molecule has 0 aliphatic carbocycles. The highest BCUT2D eigenvalue weighted by atomic mass is 28.4. The Morgan fingerprint density at radius 1 is 0.803 bits per heavy atom. The molecule has 2 amide bonds. The van der Waals surface area contributed by atoms with Gasteiger partial charge in [-0.3, -0.25) is 19.3 Å². The first-order valence-corrected chi connectivity index (χ1v) is 26.4. The zero-order chi connectivity index (χ0) is 46.7. The molecule has 1 atom stereocenters. The second kappa shape index (κ2) is 22.1. The van der Waals surface area contributed by atoms with Gasteiger partial charge in [0.05, 0.1) is 11.6 Å². The average Bonchev–Trinajstić information content (AvgIpc) is 3.32. The number of anilines is 2. The van der Waals surface area contributed by atoms with Crippen molar-refractivity contribution in [3.63, 3.8) is 0 Å². The van der Waals surface area contributed by atoms with Crippen molar-refractivity contribution in [2.24, 2.45) is 0 Å². The standard InChI is InChI=1S/C55H67N5O5Si/c1-55(2,3)66(5,6)65-50(47-27-29-49(53-48(47)28-30-51(61)57-53)64-40-43-19-12-8-13-20-43)39-60(38-42-17-10-7-11-18-42)35-31-41-23-25-45(26-24-41)56-54(63)44-21-16-22-46(37-44)58(4)52(62)32-36-59-33-14-9-15-34-59/h7-8,10-13,16-30,37,50H,9,14-15,31-36,38-40H2,1-6H3,(H,56,63)(H,57,61)/t50-/m0/s1. The van der Waals surface area contributed by atoms with Crippen molar-refractivity contribution >= 4 is 42.4 Å². The largest absolute Gasteiger partial charge is 0.487 e. The van der Waals surface area contributed by atoms with E-state index in [2.05, 4.69) is 96.4 Å². The summed E-state index contributed by atoms with van der Waals surface area (Å²) in [5.74, 6) is 0.432. The van der Waals surface area contributed by atoms with Crippen LogP contribution in [0.25, 0.3) is 10.9 Å². The first kappa shape index (κ1) is 48.1. The SMILES string of the molecule is CN(C(=O)CCN1CCCCC1)c1cccc(C(=O)Nc2ccc(CCN(Cc3ccccc3)C[C@H](O[Si](C)(C)C(C)(C)C)c3ccc(OCc4ccccc4)c4[nH]c(=O)ccc34)cc2)c1. The minimum Gasteiger partial charge on any atom is -0.487 e. The summed E-state index contributed by atoms with van der Waals surface area (Å²) in [6.45, 7) is 16.7. The number of nitrogens with one attached hydrogen (secondary N) is 2. The number of fused-ring (bicyclic) bond motifs is 1. The Bertz CT molecular complexity index is 2590. The van der Waals surface area contributed by atoms with E-state index in [1.165, 1.54) is 24.8 Å². The van der Waals surface area contributed by atoms with Crippen LogP contribution in [-0.2, 0) is 28.8 Å². The molecule has 6 aromatic rings. The van der Waals surface area contributed by atoms with Crippen molar-refractivity contribution in [3.8, 4) is 5.75 Å². The number of nitrogens with zero attached hydrogens (tertiary/aromatic N) is 3. The summed E-state index contributed by atoms with van der Waals surface area (Å²) in [6, 6.07) is 43.4. The summed E-state index contributed by atoms with van der Waals surface area (Å²) >= 11 is 0. The van der Waals surface area contributed by atoms with E-state index in [9.17, 15) is 14.4 Å². The first-order valence-electron chi connectivity index (χ1n) is 23.5. The molecule has 1 aromatic heterocycles. The summed E-state index contributed by atoms with van der Waals surface area (Å²) in [6.07, 6.45) is 4.57. The van der Waals surface area contributed by atoms with E-state index in [0.29, 0.717) is 47.8 Å². The number of carbonyl (C=O) groups is 2.